The summed E-state index contributed by atoms with van der Waals surface area (Å²) in [6.07, 6.45) is 3.26. The third-order valence-electron chi connectivity index (χ3n) is 3.53. The van der Waals surface area contributed by atoms with Crippen LogP contribution in [0.5, 0.6) is 0 Å². The maximum Gasteiger partial charge on any atom is 0.0484 e. The Hall–Kier alpha value is -1.73. The van der Waals surface area contributed by atoms with Crippen LogP contribution in [0.1, 0.15) is 11.1 Å². The molecule has 0 unspecified atom stereocenters. The number of rotatable bonds is 3. The summed E-state index contributed by atoms with van der Waals surface area (Å²) < 4.78 is 2.31. The molecule has 2 heteroatoms. The van der Waals surface area contributed by atoms with E-state index in [0.29, 0.717) is 0 Å². The number of benzene rings is 2. The van der Waals surface area contributed by atoms with Crippen LogP contribution in [0.3, 0.4) is 0 Å². The smallest absolute Gasteiger partial charge is 0.0484 e. The molecule has 0 aliphatic carbocycles. The van der Waals surface area contributed by atoms with E-state index in [1.807, 2.05) is 12.1 Å². The van der Waals surface area contributed by atoms with E-state index in [2.05, 4.69) is 54.1 Å². The van der Waals surface area contributed by atoms with Gasteiger partial charge in [-0.2, -0.15) is 0 Å². The lowest BCUT2D eigenvalue weighted by Crippen LogP contribution is -1.99. The van der Waals surface area contributed by atoms with Gasteiger partial charge in [0.1, 0.15) is 0 Å². The minimum atomic E-state index is 0.802. The highest BCUT2D eigenvalue weighted by atomic mass is 35.5. The molecule has 1 heterocycles. The largest absolute Gasteiger partial charge is 0.347 e. The van der Waals surface area contributed by atoms with E-state index in [9.17, 15) is 0 Å². The van der Waals surface area contributed by atoms with Gasteiger partial charge in [-0.15, -0.1) is 0 Å². The van der Waals surface area contributed by atoms with Gasteiger partial charge in [-0.1, -0.05) is 41.9 Å². The molecule has 0 amide bonds. The van der Waals surface area contributed by atoms with Crippen molar-refractivity contribution < 1.29 is 0 Å². The highest BCUT2D eigenvalue weighted by Crippen LogP contribution is 2.24. The Morgan fingerprint density at radius 3 is 2.63 bits per heavy atom. The number of fused-ring (bicyclic) bond motifs is 1. The van der Waals surface area contributed by atoms with Gasteiger partial charge in [0.2, 0.25) is 0 Å². The van der Waals surface area contributed by atoms with Crippen LogP contribution >= 0.6 is 11.6 Å². The summed E-state index contributed by atoms with van der Waals surface area (Å²) in [6, 6.07) is 16.7. The molecule has 2 aromatic carbocycles. The van der Waals surface area contributed by atoms with Crippen molar-refractivity contribution in [2.75, 3.05) is 0 Å². The Labute approximate surface area is 118 Å². The van der Waals surface area contributed by atoms with Crippen LogP contribution in [0.4, 0.5) is 0 Å². The summed E-state index contributed by atoms with van der Waals surface area (Å²) in [4.78, 5) is 0. The van der Waals surface area contributed by atoms with Gasteiger partial charge in [0, 0.05) is 28.7 Å². The second-order valence-corrected chi connectivity index (χ2v) is 5.34. The first-order valence-electron chi connectivity index (χ1n) is 6.53. The van der Waals surface area contributed by atoms with Gasteiger partial charge in [-0.05, 0) is 42.7 Å². The molecule has 0 saturated heterocycles. The second-order valence-electron chi connectivity index (χ2n) is 4.90. The van der Waals surface area contributed by atoms with E-state index < -0.39 is 0 Å². The third-order valence-corrected chi connectivity index (χ3v) is 3.76. The van der Waals surface area contributed by atoms with Crippen molar-refractivity contribution in [1.29, 1.82) is 0 Å². The van der Waals surface area contributed by atoms with E-state index >= 15 is 0 Å². The molecule has 1 nitrogen and oxygen atoms in total. The van der Waals surface area contributed by atoms with Gasteiger partial charge in [0.05, 0.1) is 0 Å². The van der Waals surface area contributed by atoms with E-state index in [4.69, 9.17) is 11.6 Å². The number of aryl methyl sites for hydroxylation is 3. The molecule has 0 bridgehead atoms. The van der Waals surface area contributed by atoms with Crippen molar-refractivity contribution in [2.24, 2.45) is 0 Å². The van der Waals surface area contributed by atoms with Crippen LogP contribution in [-0.2, 0) is 13.0 Å². The zero-order valence-electron chi connectivity index (χ0n) is 10.9. The van der Waals surface area contributed by atoms with Gasteiger partial charge in [0.25, 0.3) is 0 Å². The average Bonchev–Trinajstić information content (AvgIpc) is 2.74. The van der Waals surface area contributed by atoms with Gasteiger partial charge >= 0.3 is 0 Å². The van der Waals surface area contributed by atoms with E-state index in [-0.39, 0.29) is 0 Å². The molecule has 1 aromatic heterocycles. The predicted molar refractivity (Wildman–Crippen MR) is 81.8 cm³/mol. The molecule has 0 aliphatic heterocycles. The number of aromatic nitrogens is 1. The van der Waals surface area contributed by atoms with Crippen LogP contribution in [0.15, 0.2) is 54.7 Å². The predicted octanol–water partition coefficient (Wildman–Crippen LogP) is 4.85. The average molecular weight is 270 g/mol. The molecular weight excluding hydrogens is 254 g/mol. The van der Waals surface area contributed by atoms with E-state index in [1.165, 1.54) is 22.0 Å². The van der Waals surface area contributed by atoms with E-state index in [1.54, 1.807) is 0 Å². The van der Waals surface area contributed by atoms with E-state index in [0.717, 1.165) is 18.0 Å². The quantitative estimate of drug-likeness (QED) is 0.641. The van der Waals surface area contributed by atoms with Crippen LogP contribution in [-0.4, -0.2) is 4.57 Å². The van der Waals surface area contributed by atoms with Crippen molar-refractivity contribution in [3.63, 3.8) is 0 Å². The normalized spacial score (nSPS) is 11.1. The van der Waals surface area contributed by atoms with Crippen LogP contribution in [0.2, 0.25) is 5.02 Å². The van der Waals surface area contributed by atoms with Crippen molar-refractivity contribution in [3.8, 4) is 0 Å². The first kappa shape index (κ1) is 12.3. The summed E-state index contributed by atoms with van der Waals surface area (Å²) in [6.45, 7) is 3.13. The maximum absolute atomic E-state index is 6.06. The number of nitrogens with zero attached hydrogens (tertiary/aromatic N) is 1. The summed E-state index contributed by atoms with van der Waals surface area (Å²) in [5.41, 5.74) is 3.92. The molecule has 0 saturated carbocycles. The molecular formula is C17H16ClN. The fourth-order valence-corrected chi connectivity index (χ4v) is 2.70. The summed E-state index contributed by atoms with van der Waals surface area (Å²) in [5, 5.41) is 2.05. The standard InChI is InChI=1S/C17H16ClN/c1-13-12-19(10-9-14-5-3-2-4-6-14)17-8-7-15(18)11-16(13)17/h2-8,11-12H,9-10H2,1H3. The molecule has 3 rings (SSSR count). The summed E-state index contributed by atoms with van der Waals surface area (Å²) >= 11 is 6.06. The Morgan fingerprint density at radius 1 is 1.05 bits per heavy atom. The van der Waals surface area contributed by atoms with Crippen molar-refractivity contribution >= 4 is 22.5 Å². The molecule has 96 valence electrons. The first-order valence-corrected chi connectivity index (χ1v) is 6.91. The molecule has 0 atom stereocenters. The fourth-order valence-electron chi connectivity index (χ4n) is 2.53. The Bertz CT molecular complexity index is 698. The minimum Gasteiger partial charge on any atom is -0.347 e. The topological polar surface area (TPSA) is 4.93 Å². The maximum atomic E-state index is 6.06. The summed E-state index contributed by atoms with van der Waals surface area (Å²) in [7, 11) is 0. The number of hydrogen-bond donors (Lipinski definition) is 0. The molecule has 0 spiro atoms. The highest BCUT2D eigenvalue weighted by molar-refractivity contribution is 6.31. The lowest BCUT2D eigenvalue weighted by atomic mass is 10.1. The van der Waals surface area contributed by atoms with Gasteiger partial charge in [-0.25, -0.2) is 0 Å². The zero-order chi connectivity index (χ0) is 13.2. The van der Waals surface area contributed by atoms with Gasteiger partial charge in [-0.3, -0.25) is 0 Å². The van der Waals surface area contributed by atoms with Crippen LogP contribution in [0.25, 0.3) is 10.9 Å². The highest BCUT2D eigenvalue weighted by Gasteiger charge is 2.05. The van der Waals surface area contributed by atoms with Crippen LogP contribution in [0, 0.1) is 6.92 Å². The lowest BCUT2D eigenvalue weighted by Gasteiger charge is -2.05. The SMILES string of the molecule is Cc1cn(CCc2ccccc2)c2ccc(Cl)cc12. The number of hydrogen-bond acceptors (Lipinski definition) is 0. The fraction of sp³-hybridized carbons (Fsp3) is 0.176. The van der Waals surface area contributed by atoms with Crippen molar-refractivity contribution in [2.45, 2.75) is 19.9 Å². The second kappa shape index (κ2) is 5.10. The van der Waals surface area contributed by atoms with Gasteiger partial charge in [0.15, 0.2) is 0 Å². The Balaban J connectivity index is 1.89. The molecule has 0 fully saturated rings. The van der Waals surface area contributed by atoms with Crippen molar-refractivity contribution in [3.05, 3.63) is 70.9 Å². The zero-order valence-corrected chi connectivity index (χ0v) is 11.7. The van der Waals surface area contributed by atoms with Crippen LogP contribution < -0.4 is 0 Å². The third kappa shape index (κ3) is 2.52. The molecule has 0 radical (unpaired) electrons. The number of halogens is 1. The lowest BCUT2D eigenvalue weighted by molar-refractivity contribution is 0.721. The van der Waals surface area contributed by atoms with Crippen molar-refractivity contribution in [1.82, 2.24) is 4.57 Å². The first-order chi connectivity index (χ1) is 9.24. The molecule has 3 aromatic rings. The Morgan fingerprint density at radius 2 is 1.84 bits per heavy atom. The Kier molecular flexibility index (Phi) is 3.31. The minimum absolute atomic E-state index is 0.802. The molecule has 0 aliphatic rings. The van der Waals surface area contributed by atoms with Gasteiger partial charge < -0.3 is 4.57 Å². The monoisotopic (exact) mass is 269 g/mol. The molecule has 0 N–H and O–H groups in total. The molecule has 19 heavy (non-hydrogen) atoms. The summed E-state index contributed by atoms with van der Waals surface area (Å²) in [5.74, 6) is 0.